The Morgan fingerprint density at radius 3 is 2.45 bits per heavy atom. The number of ether oxygens (including phenoxy) is 2. The summed E-state index contributed by atoms with van der Waals surface area (Å²) in [6.45, 7) is 6.54. The highest BCUT2D eigenvalue weighted by Gasteiger charge is 2.33. The number of rotatable bonds is 1. The number of benzene rings is 1. The van der Waals surface area contributed by atoms with Crippen LogP contribution >= 0.6 is 0 Å². The van der Waals surface area contributed by atoms with Gasteiger partial charge in [-0.1, -0.05) is 0 Å². The van der Waals surface area contributed by atoms with Gasteiger partial charge in [0.15, 0.2) is 0 Å². The molecule has 0 saturated carbocycles. The zero-order valence-electron chi connectivity index (χ0n) is 13.1. The molecular weight excluding hydrogens is 286 g/mol. The monoisotopic (exact) mass is 305 g/mol. The molecule has 0 bridgehead atoms. The molecule has 2 amide bonds. The van der Waals surface area contributed by atoms with Gasteiger partial charge in [0.2, 0.25) is 5.91 Å². The second-order valence-electron chi connectivity index (χ2n) is 6.09. The predicted molar refractivity (Wildman–Crippen MR) is 79.8 cm³/mol. The Balaban J connectivity index is 2.33. The molecule has 6 nitrogen and oxygen atoms in total. The first-order valence-electron chi connectivity index (χ1n) is 7.04. The molecule has 1 aliphatic heterocycles. The van der Waals surface area contributed by atoms with Gasteiger partial charge >= 0.3 is 12.1 Å². The molecule has 0 aliphatic carbocycles. The lowest BCUT2D eigenvalue weighted by Crippen LogP contribution is -2.43. The lowest BCUT2D eigenvalue weighted by molar-refractivity contribution is -0.132. The van der Waals surface area contributed by atoms with Crippen LogP contribution in [0.1, 0.15) is 39.7 Å². The maximum atomic E-state index is 12.2. The molecule has 118 valence electrons. The third kappa shape index (κ3) is 3.63. The van der Waals surface area contributed by atoms with Crippen molar-refractivity contribution >= 4 is 23.7 Å². The number of nitrogens with zero attached hydrogens (tertiary/aromatic N) is 1. The second-order valence-corrected chi connectivity index (χ2v) is 6.09. The third-order valence-corrected chi connectivity index (χ3v) is 2.99. The van der Waals surface area contributed by atoms with Crippen LogP contribution in [0.15, 0.2) is 18.2 Å². The summed E-state index contributed by atoms with van der Waals surface area (Å²) in [5.74, 6) is -0.331. The molecule has 0 spiro atoms. The van der Waals surface area contributed by atoms with Crippen molar-refractivity contribution in [3.63, 3.8) is 0 Å². The Morgan fingerprint density at radius 1 is 1.18 bits per heavy atom. The fraction of sp³-hybridized carbons (Fsp3) is 0.438. The number of fused-ring (bicyclic) bond motifs is 1. The van der Waals surface area contributed by atoms with Gasteiger partial charge in [0.05, 0.1) is 5.69 Å². The van der Waals surface area contributed by atoms with Crippen LogP contribution in [0.25, 0.3) is 0 Å². The fourth-order valence-electron chi connectivity index (χ4n) is 2.21. The van der Waals surface area contributed by atoms with Crippen LogP contribution in [0.3, 0.4) is 0 Å². The molecule has 0 saturated heterocycles. The van der Waals surface area contributed by atoms with E-state index in [1.165, 1.54) is 6.92 Å². The van der Waals surface area contributed by atoms with E-state index in [-0.39, 0.29) is 12.3 Å². The Morgan fingerprint density at radius 2 is 1.86 bits per heavy atom. The summed E-state index contributed by atoms with van der Waals surface area (Å²) in [7, 11) is 0. The minimum atomic E-state index is -0.696. The van der Waals surface area contributed by atoms with E-state index in [0.29, 0.717) is 17.9 Å². The van der Waals surface area contributed by atoms with Crippen LogP contribution in [0, 0.1) is 0 Å². The van der Waals surface area contributed by atoms with E-state index in [2.05, 4.69) is 0 Å². The maximum absolute atomic E-state index is 12.2. The fourth-order valence-corrected chi connectivity index (χ4v) is 2.21. The van der Waals surface area contributed by atoms with Crippen LogP contribution in [0.2, 0.25) is 0 Å². The van der Waals surface area contributed by atoms with E-state index < -0.39 is 17.7 Å². The van der Waals surface area contributed by atoms with Gasteiger partial charge in [-0.3, -0.25) is 9.59 Å². The SMILES string of the molecule is CC(=O)Oc1ccc2c(c1)CCC(=O)N2C(=O)OC(C)(C)C. The molecule has 0 aromatic heterocycles. The van der Waals surface area contributed by atoms with Gasteiger partial charge in [0.1, 0.15) is 11.4 Å². The average molecular weight is 305 g/mol. The molecule has 1 aromatic rings. The maximum Gasteiger partial charge on any atom is 0.421 e. The lowest BCUT2D eigenvalue weighted by atomic mass is 10.0. The number of amides is 2. The number of carbonyl (C=O) groups excluding carboxylic acids is 3. The van der Waals surface area contributed by atoms with Gasteiger partial charge in [-0.2, -0.15) is 0 Å². The number of hydrogen-bond acceptors (Lipinski definition) is 5. The molecule has 22 heavy (non-hydrogen) atoms. The van der Waals surface area contributed by atoms with Gasteiger partial charge in [-0.25, -0.2) is 9.69 Å². The predicted octanol–water partition coefficient (Wildman–Crippen LogP) is 2.83. The summed E-state index contributed by atoms with van der Waals surface area (Å²) in [6, 6.07) is 4.81. The number of imide groups is 1. The van der Waals surface area contributed by atoms with Crippen molar-refractivity contribution in [3.8, 4) is 5.75 Å². The van der Waals surface area contributed by atoms with Crippen LogP contribution in [-0.2, 0) is 20.7 Å². The van der Waals surface area contributed by atoms with Crippen molar-refractivity contribution in [2.75, 3.05) is 4.90 Å². The van der Waals surface area contributed by atoms with Crippen LogP contribution < -0.4 is 9.64 Å². The molecule has 1 aliphatic rings. The summed E-state index contributed by atoms with van der Waals surface area (Å²) in [5, 5.41) is 0. The summed E-state index contributed by atoms with van der Waals surface area (Å²) in [5.41, 5.74) is 0.553. The molecule has 0 fully saturated rings. The Kier molecular flexibility index (Phi) is 4.21. The molecule has 2 rings (SSSR count). The minimum absolute atomic E-state index is 0.204. The van der Waals surface area contributed by atoms with Gasteiger partial charge in [-0.05, 0) is 51.0 Å². The standard InChI is InChI=1S/C16H19NO5/c1-10(18)21-12-6-7-13-11(9-12)5-8-14(19)17(13)15(20)22-16(2,3)4/h6-7,9H,5,8H2,1-4H3. The molecular formula is C16H19NO5. The summed E-state index contributed by atoms with van der Waals surface area (Å²) >= 11 is 0. The van der Waals surface area contributed by atoms with E-state index in [0.717, 1.165) is 10.5 Å². The molecule has 1 heterocycles. The highest BCUT2D eigenvalue weighted by Crippen LogP contribution is 2.32. The molecule has 1 aromatic carbocycles. The zero-order chi connectivity index (χ0) is 16.5. The Labute approximate surface area is 129 Å². The first kappa shape index (κ1) is 16.0. The summed E-state index contributed by atoms with van der Waals surface area (Å²) in [4.78, 5) is 36.4. The largest absolute Gasteiger partial charge is 0.443 e. The highest BCUT2D eigenvalue weighted by atomic mass is 16.6. The molecule has 0 radical (unpaired) electrons. The topological polar surface area (TPSA) is 72.9 Å². The second kappa shape index (κ2) is 5.79. The minimum Gasteiger partial charge on any atom is -0.443 e. The Hall–Kier alpha value is -2.37. The number of anilines is 1. The first-order chi connectivity index (χ1) is 10.2. The van der Waals surface area contributed by atoms with Gasteiger partial charge in [0, 0.05) is 13.3 Å². The lowest BCUT2D eigenvalue weighted by Gasteiger charge is -2.30. The van der Waals surface area contributed by atoms with Crippen LogP contribution in [-0.4, -0.2) is 23.6 Å². The van der Waals surface area contributed by atoms with Crippen molar-refractivity contribution in [3.05, 3.63) is 23.8 Å². The van der Waals surface area contributed by atoms with Gasteiger partial charge in [0.25, 0.3) is 0 Å². The number of esters is 1. The summed E-state index contributed by atoms with van der Waals surface area (Å²) < 4.78 is 10.3. The van der Waals surface area contributed by atoms with Gasteiger partial charge in [-0.15, -0.1) is 0 Å². The Bertz CT molecular complexity index is 630. The smallest absolute Gasteiger partial charge is 0.421 e. The molecule has 6 heteroatoms. The van der Waals surface area contributed by atoms with Crippen molar-refractivity contribution < 1.29 is 23.9 Å². The quantitative estimate of drug-likeness (QED) is 0.589. The van der Waals surface area contributed by atoms with Crippen molar-refractivity contribution in [2.45, 2.75) is 46.1 Å². The third-order valence-electron chi connectivity index (χ3n) is 2.99. The first-order valence-corrected chi connectivity index (χ1v) is 7.04. The highest BCUT2D eigenvalue weighted by molar-refractivity contribution is 6.14. The van der Waals surface area contributed by atoms with E-state index in [1.54, 1.807) is 39.0 Å². The molecule has 0 atom stereocenters. The van der Waals surface area contributed by atoms with Crippen molar-refractivity contribution in [2.24, 2.45) is 0 Å². The molecule has 0 N–H and O–H groups in total. The van der Waals surface area contributed by atoms with E-state index in [4.69, 9.17) is 9.47 Å². The summed E-state index contributed by atoms with van der Waals surface area (Å²) in [6.07, 6.45) is -0.00287. The number of aryl methyl sites for hydroxylation is 1. The average Bonchev–Trinajstić information content (AvgIpc) is 2.35. The van der Waals surface area contributed by atoms with E-state index in [9.17, 15) is 14.4 Å². The van der Waals surface area contributed by atoms with E-state index >= 15 is 0 Å². The number of hydrogen-bond donors (Lipinski definition) is 0. The van der Waals surface area contributed by atoms with Crippen LogP contribution in [0.4, 0.5) is 10.5 Å². The van der Waals surface area contributed by atoms with Gasteiger partial charge < -0.3 is 9.47 Å². The molecule has 0 unspecified atom stereocenters. The zero-order valence-corrected chi connectivity index (χ0v) is 13.1. The normalized spacial score (nSPS) is 14.4. The van der Waals surface area contributed by atoms with Crippen molar-refractivity contribution in [1.29, 1.82) is 0 Å². The number of carbonyl (C=O) groups is 3. The van der Waals surface area contributed by atoms with Crippen LogP contribution in [0.5, 0.6) is 5.75 Å². The van der Waals surface area contributed by atoms with Crippen molar-refractivity contribution in [1.82, 2.24) is 0 Å². The van der Waals surface area contributed by atoms with E-state index in [1.807, 2.05) is 0 Å².